The normalized spacial score (nSPS) is 13.9. The summed E-state index contributed by atoms with van der Waals surface area (Å²) >= 11 is 0. The number of rotatable bonds is 6. The van der Waals surface area contributed by atoms with Crippen LogP contribution in [0.4, 0.5) is 22.7 Å². The Morgan fingerprint density at radius 1 is 0.714 bits per heavy atom. The Morgan fingerprint density at radius 3 is 1.88 bits per heavy atom. The summed E-state index contributed by atoms with van der Waals surface area (Å²) in [6, 6.07) is 35.9. The zero-order chi connectivity index (χ0) is 28.8. The molecule has 3 N–H and O–H groups in total. The van der Waals surface area contributed by atoms with Crippen LogP contribution in [0, 0.1) is 0 Å². The van der Waals surface area contributed by atoms with E-state index in [0.29, 0.717) is 28.4 Å². The molecule has 0 saturated carbocycles. The number of nitrogens with two attached hydrogens (primary N) is 1. The number of anilines is 4. The maximum absolute atomic E-state index is 13.7. The molecule has 5 aromatic rings. The van der Waals surface area contributed by atoms with Crippen LogP contribution in [-0.4, -0.2) is 19.1 Å². The van der Waals surface area contributed by atoms with Crippen molar-refractivity contribution in [2.75, 3.05) is 29.0 Å². The van der Waals surface area contributed by atoms with Gasteiger partial charge in [-0.1, -0.05) is 66.7 Å². The fourth-order valence-electron chi connectivity index (χ4n) is 6.20. The molecule has 0 aliphatic carbocycles. The number of carbonyl (C=O) groups is 1. The van der Waals surface area contributed by atoms with Gasteiger partial charge in [-0.05, 0) is 67.4 Å². The van der Waals surface area contributed by atoms with Crippen LogP contribution in [0.1, 0.15) is 40.9 Å². The first-order chi connectivity index (χ1) is 20.5. The lowest BCUT2D eigenvalue weighted by Gasteiger charge is -2.36. The number of para-hydroxylation sites is 2. The Labute approximate surface area is 245 Å². The standard InChI is InChI=1S/C36H31N3O3/c1-3-39(4-2)26-19-15-24(16-20-26)23-13-17-25(18-14-23)38-34-30(37)22-21-29-33(34)35(40)42-36(29)27-9-5-7-11-31(27)41-32-12-8-6-10-28(32)36/h5-22,38H,3-4,37H2,1-2H3. The molecular weight excluding hydrogens is 522 g/mol. The molecule has 5 aromatic carbocycles. The zero-order valence-corrected chi connectivity index (χ0v) is 23.6. The van der Waals surface area contributed by atoms with Crippen LogP contribution in [-0.2, 0) is 10.3 Å². The molecule has 42 heavy (non-hydrogen) atoms. The number of nitrogen functional groups attached to an aromatic ring is 1. The third kappa shape index (κ3) is 3.90. The van der Waals surface area contributed by atoms with Crippen molar-refractivity contribution in [1.29, 1.82) is 0 Å². The van der Waals surface area contributed by atoms with E-state index in [2.05, 4.69) is 60.5 Å². The van der Waals surface area contributed by atoms with E-state index in [9.17, 15) is 4.79 Å². The number of hydrogen-bond donors (Lipinski definition) is 2. The van der Waals surface area contributed by atoms with Crippen LogP contribution in [0.3, 0.4) is 0 Å². The molecule has 2 heterocycles. The lowest BCUT2D eigenvalue weighted by atomic mass is 9.77. The van der Waals surface area contributed by atoms with Crippen LogP contribution in [0.5, 0.6) is 11.5 Å². The first-order valence-electron chi connectivity index (χ1n) is 14.3. The highest BCUT2D eigenvalue weighted by atomic mass is 16.6. The second-order valence-electron chi connectivity index (χ2n) is 10.5. The topological polar surface area (TPSA) is 76.8 Å². The Bertz CT molecular complexity index is 1760. The minimum Gasteiger partial charge on any atom is -0.456 e. The Balaban J connectivity index is 1.26. The second kappa shape index (κ2) is 10.00. The van der Waals surface area contributed by atoms with Gasteiger partial charge in [0.1, 0.15) is 11.5 Å². The van der Waals surface area contributed by atoms with Crippen molar-refractivity contribution in [2.45, 2.75) is 19.4 Å². The molecule has 2 aliphatic rings. The number of nitrogens with one attached hydrogen (secondary N) is 1. The zero-order valence-electron chi connectivity index (χ0n) is 23.6. The van der Waals surface area contributed by atoms with Gasteiger partial charge in [-0.2, -0.15) is 0 Å². The molecule has 1 spiro atoms. The van der Waals surface area contributed by atoms with Crippen molar-refractivity contribution in [2.24, 2.45) is 0 Å². The molecule has 2 aliphatic heterocycles. The van der Waals surface area contributed by atoms with Crippen LogP contribution in [0.2, 0.25) is 0 Å². The van der Waals surface area contributed by atoms with E-state index in [4.69, 9.17) is 15.2 Å². The summed E-state index contributed by atoms with van der Waals surface area (Å²) < 4.78 is 12.6. The Morgan fingerprint density at radius 2 is 1.29 bits per heavy atom. The second-order valence-corrected chi connectivity index (χ2v) is 10.5. The van der Waals surface area contributed by atoms with Gasteiger partial charge in [-0.25, -0.2) is 4.79 Å². The summed E-state index contributed by atoms with van der Waals surface area (Å²) in [5.41, 5.74) is 13.4. The first-order valence-corrected chi connectivity index (χ1v) is 14.3. The van der Waals surface area contributed by atoms with E-state index >= 15 is 0 Å². The van der Waals surface area contributed by atoms with Crippen molar-refractivity contribution in [1.82, 2.24) is 0 Å². The van der Waals surface area contributed by atoms with Crippen LogP contribution >= 0.6 is 0 Å². The van der Waals surface area contributed by atoms with Gasteiger partial charge in [-0.3, -0.25) is 0 Å². The number of carbonyl (C=O) groups excluding carboxylic acids is 1. The summed E-state index contributed by atoms with van der Waals surface area (Å²) in [5.74, 6) is 0.879. The quantitative estimate of drug-likeness (QED) is 0.163. The third-order valence-corrected chi connectivity index (χ3v) is 8.30. The van der Waals surface area contributed by atoms with Crippen molar-refractivity contribution >= 4 is 28.7 Å². The van der Waals surface area contributed by atoms with Crippen LogP contribution < -0.4 is 20.7 Å². The number of nitrogens with zero attached hydrogens (tertiary/aromatic N) is 1. The maximum atomic E-state index is 13.7. The predicted octanol–water partition coefficient (Wildman–Crippen LogP) is 8.09. The van der Waals surface area contributed by atoms with E-state index < -0.39 is 11.6 Å². The first kappa shape index (κ1) is 25.7. The van der Waals surface area contributed by atoms with E-state index in [-0.39, 0.29) is 0 Å². The Hall–Kier alpha value is -5.23. The average molecular weight is 554 g/mol. The maximum Gasteiger partial charge on any atom is 0.342 e. The molecule has 0 bridgehead atoms. The third-order valence-electron chi connectivity index (χ3n) is 8.30. The molecule has 0 aromatic heterocycles. The number of hydrogen-bond acceptors (Lipinski definition) is 6. The van der Waals surface area contributed by atoms with Gasteiger partial charge in [0.15, 0.2) is 5.60 Å². The van der Waals surface area contributed by atoms with Crippen LogP contribution in [0.25, 0.3) is 11.1 Å². The monoisotopic (exact) mass is 553 g/mol. The highest BCUT2D eigenvalue weighted by molar-refractivity contribution is 6.05. The SMILES string of the molecule is CCN(CC)c1ccc(-c2ccc(Nc3c(N)ccc4c3C(=O)OC43c4ccccc4Oc4ccccc43)cc2)cc1. The highest BCUT2D eigenvalue weighted by Crippen LogP contribution is 2.57. The van der Waals surface area contributed by atoms with Crippen LogP contribution in [0.15, 0.2) is 109 Å². The molecule has 6 nitrogen and oxygen atoms in total. The molecule has 0 atom stereocenters. The van der Waals surface area contributed by atoms with Crippen molar-refractivity contribution in [3.05, 3.63) is 131 Å². The summed E-state index contributed by atoms with van der Waals surface area (Å²) in [7, 11) is 0. The van der Waals surface area contributed by atoms with Gasteiger partial charge in [0.25, 0.3) is 0 Å². The lowest BCUT2D eigenvalue weighted by Crippen LogP contribution is -2.32. The molecule has 6 heteroatoms. The van der Waals surface area contributed by atoms with Crippen molar-refractivity contribution in [3.8, 4) is 22.6 Å². The van der Waals surface area contributed by atoms with E-state index in [0.717, 1.165) is 46.6 Å². The minimum atomic E-state index is -1.14. The summed E-state index contributed by atoms with van der Waals surface area (Å²) in [6.45, 7) is 6.28. The summed E-state index contributed by atoms with van der Waals surface area (Å²) in [4.78, 5) is 16.0. The number of benzene rings is 5. The molecule has 0 unspecified atom stereocenters. The van der Waals surface area contributed by atoms with Gasteiger partial charge < -0.3 is 25.4 Å². The number of esters is 1. The fraction of sp³-hybridized carbons (Fsp3) is 0.139. The highest BCUT2D eigenvalue weighted by Gasteiger charge is 2.54. The molecular formula is C36H31N3O3. The van der Waals surface area contributed by atoms with Crippen molar-refractivity contribution in [3.63, 3.8) is 0 Å². The fourth-order valence-corrected chi connectivity index (χ4v) is 6.20. The Kier molecular flexibility index (Phi) is 6.12. The summed E-state index contributed by atoms with van der Waals surface area (Å²) in [6.07, 6.45) is 0. The largest absolute Gasteiger partial charge is 0.456 e. The van der Waals surface area contributed by atoms with Gasteiger partial charge in [0.05, 0.1) is 16.9 Å². The molecule has 0 fully saturated rings. The number of ether oxygens (including phenoxy) is 2. The average Bonchev–Trinajstić information content (AvgIpc) is 3.32. The van der Waals surface area contributed by atoms with Gasteiger partial charge in [0, 0.05) is 41.2 Å². The van der Waals surface area contributed by atoms with E-state index in [1.807, 2.05) is 72.8 Å². The lowest BCUT2D eigenvalue weighted by molar-refractivity contribution is 0.0225. The van der Waals surface area contributed by atoms with Crippen molar-refractivity contribution < 1.29 is 14.3 Å². The van der Waals surface area contributed by atoms with E-state index in [1.165, 1.54) is 5.69 Å². The van der Waals surface area contributed by atoms with E-state index in [1.54, 1.807) is 0 Å². The van der Waals surface area contributed by atoms with Gasteiger partial charge in [-0.15, -0.1) is 0 Å². The molecule has 0 amide bonds. The molecule has 208 valence electrons. The van der Waals surface area contributed by atoms with Gasteiger partial charge >= 0.3 is 5.97 Å². The molecule has 0 radical (unpaired) electrons. The summed E-state index contributed by atoms with van der Waals surface area (Å²) in [5, 5.41) is 3.43. The molecule has 0 saturated heterocycles. The number of fused-ring (bicyclic) bond motifs is 6. The van der Waals surface area contributed by atoms with Gasteiger partial charge in [0.2, 0.25) is 0 Å². The smallest absolute Gasteiger partial charge is 0.342 e. The molecule has 7 rings (SSSR count). The predicted molar refractivity (Wildman–Crippen MR) is 168 cm³/mol. The minimum absolute atomic E-state index is 0.428.